The van der Waals surface area contributed by atoms with Crippen LogP contribution in [0.3, 0.4) is 0 Å². The van der Waals surface area contributed by atoms with E-state index in [0.717, 1.165) is 87.5 Å². The molecule has 1 amide bonds. The van der Waals surface area contributed by atoms with Crippen LogP contribution in [0.5, 0.6) is 0 Å². The fourth-order valence-corrected chi connectivity index (χ4v) is 8.05. The van der Waals surface area contributed by atoms with Gasteiger partial charge in [-0.05, 0) is 98.1 Å². The van der Waals surface area contributed by atoms with Crippen LogP contribution >= 0.6 is 45.8 Å². The van der Waals surface area contributed by atoms with E-state index in [1.807, 2.05) is 12.1 Å². The number of alkyl halides is 1. The number of benzene rings is 3. The second-order valence-electron chi connectivity index (χ2n) is 13.1. The average molecular weight is 766 g/mol. The van der Waals surface area contributed by atoms with Crippen LogP contribution in [0.4, 0.5) is 0 Å². The summed E-state index contributed by atoms with van der Waals surface area (Å²) in [5.41, 5.74) is 7.87. The molecule has 0 radical (unpaired) electrons. The second-order valence-corrected chi connectivity index (χ2v) is 15.7. The number of hydrogen-bond acceptors (Lipinski definition) is 4. The minimum atomic E-state index is 0.206. The zero-order valence-corrected chi connectivity index (χ0v) is 30.7. The predicted octanol–water partition coefficient (Wildman–Crippen LogP) is 8.16. The summed E-state index contributed by atoms with van der Waals surface area (Å²) in [6.45, 7) is 10.0. The van der Waals surface area contributed by atoms with Crippen LogP contribution in [0.25, 0.3) is 10.8 Å². The molecule has 1 fully saturated rings. The smallest absolute Gasteiger partial charge is 0.227 e. The van der Waals surface area contributed by atoms with E-state index in [9.17, 15) is 4.79 Å². The third-order valence-electron chi connectivity index (χ3n) is 8.88. The summed E-state index contributed by atoms with van der Waals surface area (Å²) in [6.07, 6.45) is 7.95. The van der Waals surface area contributed by atoms with Gasteiger partial charge in [-0.3, -0.25) is 9.69 Å². The number of carbonyl (C=O) groups excluding carboxylic acids is 1. The summed E-state index contributed by atoms with van der Waals surface area (Å²) in [5.74, 6) is 0.758. The molecule has 0 unspecified atom stereocenters. The lowest BCUT2D eigenvalue weighted by molar-refractivity contribution is -0.138. The standard InChI is InChI=1S/C37H51Cl2IN4O/c1-27(2)19-35-25-43(24-33(40)22-31-14-15-32(38)23-36(31)39)34(11-8-18-42-17-7-3-6-16-41)26-44(35)37(45)21-28-12-13-29-9-4-5-10-30(29)20-28/h4-5,9-10,12-15,20,23,27,33-35,42H,3,6-8,11,16-19,21-22,24-26,41H2,1-2H3/t33-,34+,35-/m1/s1. The summed E-state index contributed by atoms with van der Waals surface area (Å²) in [5, 5.41) is 7.44. The van der Waals surface area contributed by atoms with Gasteiger partial charge in [0.15, 0.2) is 0 Å². The highest BCUT2D eigenvalue weighted by Gasteiger charge is 2.37. The van der Waals surface area contributed by atoms with E-state index >= 15 is 0 Å². The molecule has 3 aromatic rings. The number of halogens is 3. The molecule has 1 aliphatic heterocycles. The summed E-state index contributed by atoms with van der Waals surface area (Å²) in [4.78, 5) is 18.9. The van der Waals surface area contributed by atoms with Crippen LogP contribution in [-0.4, -0.2) is 71.0 Å². The maximum absolute atomic E-state index is 14.0. The van der Waals surface area contributed by atoms with Crippen LogP contribution in [0, 0.1) is 5.92 Å². The third kappa shape index (κ3) is 11.7. The molecule has 3 atom stereocenters. The maximum atomic E-state index is 14.0. The van der Waals surface area contributed by atoms with E-state index < -0.39 is 0 Å². The molecule has 246 valence electrons. The molecule has 1 saturated heterocycles. The Kier molecular flexibility index (Phi) is 15.2. The van der Waals surface area contributed by atoms with E-state index in [4.69, 9.17) is 28.9 Å². The molecule has 5 nitrogen and oxygen atoms in total. The molecule has 0 spiro atoms. The van der Waals surface area contributed by atoms with Crippen molar-refractivity contribution < 1.29 is 4.79 Å². The Bertz CT molecular complexity index is 1360. The third-order valence-corrected chi connectivity index (χ3v) is 10.3. The van der Waals surface area contributed by atoms with Crippen LogP contribution in [0.15, 0.2) is 60.7 Å². The molecule has 0 saturated carbocycles. The number of unbranched alkanes of at least 4 members (excludes halogenated alkanes) is 2. The van der Waals surface area contributed by atoms with Crippen LogP contribution in [0.2, 0.25) is 10.0 Å². The average Bonchev–Trinajstić information content (AvgIpc) is 3.00. The van der Waals surface area contributed by atoms with Gasteiger partial charge in [0.2, 0.25) is 5.91 Å². The van der Waals surface area contributed by atoms with Crippen molar-refractivity contribution >= 4 is 62.5 Å². The lowest BCUT2D eigenvalue weighted by Crippen LogP contribution is -2.61. The lowest BCUT2D eigenvalue weighted by Gasteiger charge is -2.48. The maximum Gasteiger partial charge on any atom is 0.227 e. The van der Waals surface area contributed by atoms with Gasteiger partial charge >= 0.3 is 0 Å². The van der Waals surface area contributed by atoms with Gasteiger partial charge in [-0.25, -0.2) is 0 Å². The minimum absolute atomic E-state index is 0.206. The van der Waals surface area contributed by atoms with Crippen LogP contribution in [0.1, 0.15) is 63.5 Å². The zero-order valence-electron chi connectivity index (χ0n) is 27.0. The number of fused-ring (bicyclic) bond motifs is 1. The zero-order chi connectivity index (χ0) is 32.2. The number of carbonyl (C=O) groups is 1. The van der Waals surface area contributed by atoms with Gasteiger partial charge in [0.05, 0.1) is 6.42 Å². The van der Waals surface area contributed by atoms with E-state index in [1.54, 1.807) is 0 Å². The van der Waals surface area contributed by atoms with Gasteiger partial charge in [-0.1, -0.05) is 115 Å². The topological polar surface area (TPSA) is 61.6 Å². The quantitative estimate of drug-likeness (QED) is 0.0828. The molecule has 3 aromatic carbocycles. The van der Waals surface area contributed by atoms with Crippen molar-refractivity contribution in [1.29, 1.82) is 0 Å². The molecule has 3 N–H and O–H groups in total. The van der Waals surface area contributed by atoms with E-state index in [0.29, 0.717) is 27.3 Å². The Morgan fingerprint density at radius 1 is 0.956 bits per heavy atom. The Labute approximate surface area is 294 Å². The monoisotopic (exact) mass is 764 g/mol. The number of hydrogen-bond donors (Lipinski definition) is 2. The number of nitrogens with two attached hydrogens (primary N) is 1. The largest absolute Gasteiger partial charge is 0.337 e. The molecule has 0 aliphatic carbocycles. The first-order valence-electron chi connectivity index (χ1n) is 16.7. The molecular formula is C37H51Cl2IN4O. The van der Waals surface area contributed by atoms with Crippen molar-refractivity contribution in [1.82, 2.24) is 15.1 Å². The highest BCUT2D eigenvalue weighted by atomic mass is 127. The molecule has 45 heavy (non-hydrogen) atoms. The first-order chi connectivity index (χ1) is 21.7. The van der Waals surface area contributed by atoms with Gasteiger partial charge < -0.3 is 16.0 Å². The van der Waals surface area contributed by atoms with Gasteiger partial charge in [0.25, 0.3) is 0 Å². The highest BCUT2D eigenvalue weighted by molar-refractivity contribution is 14.1. The molecular weight excluding hydrogens is 714 g/mol. The van der Waals surface area contributed by atoms with Gasteiger partial charge in [0.1, 0.15) is 0 Å². The second kappa shape index (κ2) is 18.8. The van der Waals surface area contributed by atoms with E-state index in [1.165, 1.54) is 23.6 Å². The first kappa shape index (κ1) is 36.4. The van der Waals surface area contributed by atoms with Gasteiger partial charge in [0, 0.05) is 45.7 Å². The number of rotatable bonds is 17. The van der Waals surface area contributed by atoms with Crippen molar-refractivity contribution in [2.75, 3.05) is 39.3 Å². The number of nitrogens with zero attached hydrogens (tertiary/aromatic N) is 2. The Balaban J connectivity index is 1.46. The molecule has 0 bridgehead atoms. The normalized spacial score (nSPS) is 18.2. The molecule has 1 aliphatic rings. The highest BCUT2D eigenvalue weighted by Crippen LogP contribution is 2.28. The fourth-order valence-electron chi connectivity index (χ4n) is 6.59. The van der Waals surface area contributed by atoms with Gasteiger partial charge in [-0.2, -0.15) is 0 Å². The lowest BCUT2D eigenvalue weighted by atomic mass is 9.94. The number of piperazine rings is 1. The van der Waals surface area contributed by atoms with Crippen molar-refractivity contribution in [3.05, 3.63) is 81.8 Å². The van der Waals surface area contributed by atoms with Crippen molar-refractivity contribution in [2.45, 2.75) is 81.2 Å². The molecule has 1 heterocycles. The SMILES string of the molecule is CC(C)C[C@@H]1CN(C[C@H](I)Cc2ccc(Cl)cc2Cl)[C@@H](CCCNCCCCCN)CN1C(=O)Cc1ccc2ccccc2c1. The number of nitrogens with one attached hydrogen (secondary N) is 1. The summed E-state index contributed by atoms with van der Waals surface area (Å²) >= 11 is 15.3. The summed E-state index contributed by atoms with van der Waals surface area (Å²) in [6, 6.07) is 21.2. The first-order valence-corrected chi connectivity index (χ1v) is 18.7. The Morgan fingerprint density at radius 2 is 1.73 bits per heavy atom. The van der Waals surface area contributed by atoms with Crippen LogP contribution < -0.4 is 11.1 Å². The van der Waals surface area contributed by atoms with Crippen molar-refractivity contribution in [3.63, 3.8) is 0 Å². The summed E-state index contributed by atoms with van der Waals surface area (Å²) < 4.78 is 0.393. The molecule has 4 rings (SSSR count). The van der Waals surface area contributed by atoms with E-state index in [2.05, 4.69) is 100 Å². The Morgan fingerprint density at radius 3 is 2.49 bits per heavy atom. The van der Waals surface area contributed by atoms with Crippen molar-refractivity contribution in [3.8, 4) is 0 Å². The predicted molar refractivity (Wildman–Crippen MR) is 201 cm³/mol. The molecule has 0 aromatic heterocycles. The fraction of sp³-hybridized carbons (Fsp3) is 0.541. The van der Waals surface area contributed by atoms with Crippen molar-refractivity contribution in [2.24, 2.45) is 11.7 Å². The van der Waals surface area contributed by atoms with Gasteiger partial charge in [-0.15, -0.1) is 0 Å². The minimum Gasteiger partial charge on any atom is -0.337 e. The number of amides is 1. The summed E-state index contributed by atoms with van der Waals surface area (Å²) in [7, 11) is 0. The molecule has 8 heteroatoms. The Hall–Kier alpha value is -1.42. The van der Waals surface area contributed by atoms with E-state index in [-0.39, 0.29) is 11.9 Å². The van der Waals surface area contributed by atoms with Crippen LogP contribution in [-0.2, 0) is 17.6 Å².